The molecule has 2 aromatic carbocycles. The Morgan fingerprint density at radius 1 is 0.944 bits per heavy atom. The van der Waals surface area contributed by atoms with Gasteiger partial charge in [0.2, 0.25) is 0 Å². The third-order valence-electron chi connectivity index (χ3n) is 5.39. The molecular formula is C25H28ClN7O3. The fourth-order valence-electron chi connectivity index (χ4n) is 3.51. The van der Waals surface area contributed by atoms with Crippen LogP contribution in [0.5, 0.6) is 0 Å². The number of guanidine groups is 1. The molecule has 0 saturated carbocycles. The lowest BCUT2D eigenvalue weighted by atomic mass is 9.99. The number of carbonyl (C=O) groups is 2. The smallest absolute Gasteiger partial charge is 0.303 e. The summed E-state index contributed by atoms with van der Waals surface area (Å²) in [5, 5.41) is 21.8. The highest BCUT2D eigenvalue weighted by Gasteiger charge is 2.17. The maximum Gasteiger partial charge on any atom is 0.303 e. The van der Waals surface area contributed by atoms with Crippen LogP contribution in [0.15, 0.2) is 48.5 Å². The van der Waals surface area contributed by atoms with E-state index in [2.05, 4.69) is 44.9 Å². The van der Waals surface area contributed by atoms with Crippen molar-refractivity contribution in [2.24, 2.45) is 0 Å². The molecule has 8 N–H and O–H groups in total. The number of nitrogens with two attached hydrogens (primary N) is 2. The second-order valence-corrected chi connectivity index (χ2v) is 8.50. The van der Waals surface area contributed by atoms with E-state index in [1.807, 2.05) is 24.3 Å². The SMILES string of the molecule is N=C(NCCCCc1ccc(-c2cccc(CCC(=O)O)c2)cc1)NC(=O)c1nc(Cl)c(N)nc1N. The molecule has 11 heteroatoms. The Labute approximate surface area is 213 Å². The van der Waals surface area contributed by atoms with E-state index in [4.69, 9.17) is 33.6 Å². The van der Waals surface area contributed by atoms with Crippen molar-refractivity contribution in [1.82, 2.24) is 20.6 Å². The van der Waals surface area contributed by atoms with E-state index < -0.39 is 11.9 Å². The van der Waals surface area contributed by atoms with E-state index in [0.717, 1.165) is 36.0 Å². The van der Waals surface area contributed by atoms with E-state index in [1.54, 1.807) is 0 Å². The molecular weight excluding hydrogens is 482 g/mol. The molecule has 0 radical (unpaired) electrons. The number of halogens is 1. The standard InChI is InChI=1S/C25H28ClN7O3/c26-21-23(28)32-22(27)20(31-21)24(36)33-25(29)30-13-2-1-4-15-7-10-17(11-8-15)18-6-3-5-16(14-18)9-12-19(34)35/h3,5-8,10-11,14H,1-2,4,9,12-13H2,(H,34,35)(H4,27,28,32)(H3,29,30,33,36). The molecule has 1 amide bonds. The average molecular weight is 510 g/mol. The minimum absolute atomic E-state index is 0.0734. The number of nitrogens with zero attached hydrogens (tertiary/aromatic N) is 2. The Morgan fingerprint density at radius 2 is 1.69 bits per heavy atom. The maximum absolute atomic E-state index is 12.2. The molecule has 0 bridgehead atoms. The highest BCUT2D eigenvalue weighted by molar-refractivity contribution is 6.31. The first-order valence-electron chi connectivity index (χ1n) is 11.3. The molecule has 1 heterocycles. The van der Waals surface area contributed by atoms with Crippen LogP contribution in [-0.2, 0) is 17.6 Å². The molecule has 0 spiro atoms. The number of nitrogen functional groups attached to an aromatic ring is 2. The zero-order valence-electron chi connectivity index (χ0n) is 19.6. The predicted octanol–water partition coefficient (Wildman–Crippen LogP) is 3.26. The maximum atomic E-state index is 12.2. The molecule has 0 unspecified atom stereocenters. The van der Waals surface area contributed by atoms with Gasteiger partial charge in [0.25, 0.3) is 5.91 Å². The number of carboxylic acid groups (broad SMARTS) is 1. The summed E-state index contributed by atoms with van der Waals surface area (Å²) in [6.07, 6.45) is 3.18. The summed E-state index contributed by atoms with van der Waals surface area (Å²) < 4.78 is 0. The van der Waals surface area contributed by atoms with E-state index in [9.17, 15) is 9.59 Å². The predicted molar refractivity (Wildman–Crippen MR) is 140 cm³/mol. The van der Waals surface area contributed by atoms with Crippen LogP contribution in [0.3, 0.4) is 0 Å². The molecule has 0 aliphatic rings. The summed E-state index contributed by atoms with van der Waals surface area (Å²) in [5.74, 6) is -1.92. The number of carbonyl (C=O) groups excluding carboxylic acids is 1. The number of aliphatic carboxylic acids is 1. The number of carboxylic acids is 1. The van der Waals surface area contributed by atoms with Crippen LogP contribution in [0, 0.1) is 5.41 Å². The van der Waals surface area contributed by atoms with Gasteiger partial charge in [0.1, 0.15) is 0 Å². The van der Waals surface area contributed by atoms with Gasteiger partial charge in [-0.1, -0.05) is 60.1 Å². The van der Waals surface area contributed by atoms with Crippen molar-refractivity contribution in [2.45, 2.75) is 32.1 Å². The number of unbranched alkanes of at least 4 members (excludes halogenated alkanes) is 1. The number of aryl methyl sites for hydroxylation is 2. The van der Waals surface area contributed by atoms with Gasteiger partial charge in [0.15, 0.2) is 28.4 Å². The lowest BCUT2D eigenvalue weighted by molar-refractivity contribution is -0.136. The summed E-state index contributed by atoms with van der Waals surface area (Å²) in [6.45, 7) is 0.504. The van der Waals surface area contributed by atoms with Crippen molar-refractivity contribution < 1.29 is 14.7 Å². The topological polar surface area (TPSA) is 180 Å². The molecule has 1 aromatic heterocycles. The molecule has 0 aliphatic carbocycles. The van der Waals surface area contributed by atoms with Crippen LogP contribution in [0.4, 0.5) is 11.6 Å². The first-order valence-corrected chi connectivity index (χ1v) is 11.7. The number of benzene rings is 2. The van der Waals surface area contributed by atoms with Gasteiger partial charge in [-0.25, -0.2) is 9.97 Å². The Balaban J connectivity index is 1.40. The number of hydrogen-bond donors (Lipinski definition) is 6. The highest BCUT2D eigenvalue weighted by Crippen LogP contribution is 2.22. The lowest BCUT2D eigenvalue weighted by Gasteiger charge is -2.10. The minimum Gasteiger partial charge on any atom is -0.481 e. The molecule has 0 fully saturated rings. The molecule has 0 atom stereocenters. The fourth-order valence-corrected chi connectivity index (χ4v) is 3.64. The Hall–Kier alpha value is -4.18. The summed E-state index contributed by atoms with van der Waals surface area (Å²) in [6, 6.07) is 16.2. The van der Waals surface area contributed by atoms with Crippen LogP contribution < -0.4 is 22.1 Å². The average Bonchev–Trinajstić information content (AvgIpc) is 2.85. The number of anilines is 2. The van der Waals surface area contributed by atoms with Gasteiger partial charge in [0, 0.05) is 13.0 Å². The van der Waals surface area contributed by atoms with Crippen LogP contribution in [0.2, 0.25) is 5.15 Å². The fraction of sp³-hybridized carbons (Fsp3) is 0.240. The normalized spacial score (nSPS) is 10.6. The quantitative estimate of drug-likeness (QED) is 0.137. The monoisotopic (exact) mass is 509 g/mol. The van der Waals surface area contributed by atoms with Crippen molar-refractivity contribution in [3.8, 4) is 11.1 Å². The van der Waals surface area contributed by atoms with Crippen LogP contribution in [-0.4, -0.2) is 39.5 Å². The second kappa shape index (κ2) is 12.5. The van der Waals surface area contributed by atoms with Crippen LogP contribution in [0.25, 0.3) is 11.1 Å². The molecule has 3 aromatic rings. The van der Waals surface area contributed by atoms with Crippen molar-refractivity contribution >= 4 is 41.1 Å². The number of aromatic nitrogens is 2. The summed E-state index contributed by atoms with van der Waals surface area (Å²) in [5.41, 5.74) is 15.3. The number of rotatable bonds is 10. The zero-order valence-corrected chi connectivity index (χ0v) is 20.3. The zero-order chi connectivity index (χ0) is 26.1. The number of hydrogen-bond acceptors (Lipinski definition) is 7. The second-order valence-electron chi connectivity index (χ2n) is 8.14. The summed E-state index contributed by atoms with van der Waals surface area (Å²) >= 11 is 5.78. The van der Waals surface area contributed by atoms with Crippen molar-refractivity contribution in [3.05, 3.63) is 70.5 Å². The largest absolute Gasteiger partial charge is 0.481 e. The molecule has 36 heavy (non-hydrogen) atoms. The van der Waals surface area contributed by atoms with Gasteiger partial charge >= 0.3 is 5.97 Å². The molecule has 3 rings (SSSR count). The van der Waals surface area contributed by atoms with E-state index >= 15 is 0 Å². The van der Waals surface area contributed by atoms with Crippen molar-refractivity contribution in [2.75, 3.05) is 18.0 Å². The number of amides is 1. The first kappa shape index (κ1) is 26.4. The highest BCUT2D eigenvalue weighted by atomic mass is 35.5. The van der Waals surface area contributed by atoms with E-state index in [0.29, 0.717) is 13.0 Å². The molecule has 0 aliphatic heterocycles. The van der Waals surface area contributed by atoms with Gasteiger partial charge in [-0.05, 0) is 47.9 Å². The Morgan fingerprint density at radius 3 is 2.42 bits per heavy atom. The van der Waals surface area contributed by atoms with E-state index in [-0.39, 0.29) is 34.9 Å². The van der Waals surface area contributed by atoms with Gasteiger partial charge in [0.05, 0.1) is 0 Å². The third-order valence-corrected chi connectivity index (χ3v) is 5.67. The first-order chi connectivity index (χ1) is 17.2. The van der Waals surface area contributed by atoms with Gasteiger partial charge < -0.3 is 21.9 Å². The minimum atomic E-state index is -0.801. The summed E-state index contributed by atoms with van der Waals surface area (Å²) in [4.78, 5) is 30.6. The molecule has 188 valence electrons. The summed E-state index contributed by atoms with van der Waals surface area (Å²) in [7, 11) is 0. The van der Waals surface area contributed by atoms with Crippen molar-refractivity contribution in [1.29, 1.82) is 5.41 Å². The van der Waals surface area contributed by atoms with Crippen LogP contribution in [0.1, 0.15) is 40.9 Å². The van der Waals surface area contributed by atoms with Crippen molar-refractivity contribution in [3.63, 3.8) is 0 Å². The van der Waals surface area contributed by atoms with Crippen LogP contribution >= 0.6 is 11.6 Å². The molecule has 10 nitrogen and oxygen atoms in total. The number of nitrogens with one attached hydrogen (secondary N) is 3. The third kappa shape index (κ3) is 7.67. The molecule has 0 saturated heterocycles. The van der Waals surface area contributed by atoms with Gasteiger partial charge in [-0.2, -0.15) is 0 Å². The van der Waals surface area contributed by atoms with Gasteiger partial charge in [-0.15, -0.1) is 0 Å². The van der Waals surface area contributed by atoms with E-state index in [1.165, 1.54) is 5.56 Å². The van der Waals surface area contributed by atoms with Gasteiger partial charge in [-0.3, -0.25) is 20.3 Å². The Bertz CT molecular complexity index is 1250. The lowest BCUT2D eigenvalue weighted by Crippen LogP contribution is -2.41. The Kier molecular flexibility index (Phi) is 9.18.